The van der Waals surface area contributed by atoms with Crippen LogP contribution in [0.1, 0.15) is 301 Å². The fourth-order valence-electron chi connectivity index (χ4n) is 4.18. The molecule has 0 aromatic carbocycles. The molecule has 54 heavy (non-hydrogen) atoms. The van der Waals surface area contributed by atoms with Crippen molar-refractivity contribution in [1.29, 1.82) is 0 Å². The Morgan fingerprint density at radius 1 is 0.315 bits per heavy atom. The van der Waals surface area contributed by atoms with Gasteiger partial charge in [0.2, 0.25) is 0 Å². The van der Waals surface area contributed by atoms with E-state index in [1.807, 2.05) is 20.8 Å². The second-order valence-corrected chi connectivity index (χ2v) is 18.1. The third-order valence-electron chi connectivity index (χ3n) is 7.44. The molecular formula is C51H119Cl3. The van der Waals surface area contributed by atoms with E-state index >= 15 is 0 Å². The predicted molar refractivity (Wildman–Crippen MR) is 271 cm³/mol. The molecule has 0 radical (unpaired) electrons. The van der Waals surface area contributed by atoms with Crippen LogP contribution in [-0.4, -0.2) is 16.1 Å². The topological polar surface area (TPSA) is 0 Å². The Morgan fingerprint density at radius 3 is 0.685 bits per heavy atom. The van der Waals surface area contributed by atoms with Crippen molar-refractivity contribution in [2.75, 3.05) is 0 Å². The van der Waals surface area contributed by atoms with E-state index in [1.165, 1.54) is 135 Å². The molecule has 0 fully saturated rings. The number of hydrogen-bond donors (Lipinski definition) is 0. The van der Waals surface area contributed by atoms with Crippen molar-refractivity contribution < 1.29 is 0 Å². The van der Waals surface area contributed by atoms with Crippen LogP contribution < -0.4 is 0 Å². The fourth-order valence-corrected chi connectivity index (χ4v) is 5.03. The summed E-state index contributed by atoms with van der Waals surface area (Å²) in [6.45, 7) is 45.9. The lowest BCUT2D eigenvalue weighted by molar-refractivity contribution is 0.477. The van der Waals surface area contributed by atoms with Gasteiger partial charge in [-0.3, -0.25) is 0 Å². The summed E-state index contributed by atoms with van der Waals surface area (Å²) in [6, 6.07) is 0. The second kappa shape index (κ2) is 85.9. The number of unbranched alkanes of at least 4 members (excludes halogenated alkanes) is 9. The maximum atomic E-state index is 5.59. The number of hydrogen-bond acceptors (Lipinski definition) is 0. The van der Waals surface area contributed by atoms with Crippen molar-refractivity contribution in [2.45, 2.75) is 317 Å². The largest absolute Gasteiger partial charge is 0.123 e. The molecule has 0 saturated carbocycles. The van der Waals surface area contributed by atoms with Crippen molar-refractivity contribution in [3.8, 4) is 0 Å². The van der Waals surface area contributed by atoms with Gasteiger partial charge in [-0.05, 0) is 51.4 Å². The molecule has 3 heteroatoms. The van der Waals surface area contributed by atoms with Crippen molar-refractivity contribution in [2.24, 2.45) is 17.8 Å². The first-order chi connectivity index (χ1) is 24.9. The van der Waals surface area contributed by atoms with Crippen molar-refractivity contribution in [1.82, 2.24) is 0 Å². The fraction of sp³-hybridized carbons (Fsp3) is 1.00. The quantitative estimate of drug-likeness (QED) is 0.0846. The molecule has 0 heterocycles. The summed E-state index contributed by atoms with van der Waals surface area (Å²) < 4.78 is 0. The van der Waals surface area contributed by atoms with Crippen LogP contribution in [0, 0.1) is 17.8 Å². The van der Waals surface area contributed by atoms with E-state index in [4.69, 9.17) is 34.8 Å². The molecule has 4 unspecified atom stereocenters. The molecule has 0 rings (SSSR count). The molecule has 0 aromatic rings. The first-order valence-corrected chi connectivity index (χ1v) is 25.1. The normalized spacial score (nSPS) is 11.4. The average molecular weight is 839 g/mol. The van der Waals surface area contributed by atoms with Gasteiger partial charge in [-0.15, -0.1) is 34.8 Å². The van der Waals surface area contributed by atoms with E-state index in [1.54, 1.807) is 0 Å². The summed E-state index contributed by atoms with van der Waals surface area (Å²) in [5.74, 6) is 2.75. The van der Waals surface area contributed by atoms with Gasteiger partial charge >= 0.3 is 0 Å². The zero-order chi connectivity index (χ0) is 43.7. The van der Waals surface area contributed by atoms with Crippen LogP contribution in [0.2, 0.25) is 0 Å². The molecule has 0 N–H and O–H groups in total. The van der Waals surface area contributed by atoms with E-state index < -0.39 is 0 Å². The minimum atomic E-state index is 0. The Hall–Kier alpha value is 0.870. The van der Waals surface area contributed by atoms with Crippen LogP contribution in [0.25, 0.3) is 0 Å². The Kier molecular flexibility index (Phi) is 126. The Bertz CT molecular complexity index is 396. The molecule has 0 aliphatic rings. The maximum Gasteiger partial charge on any atom is 0.0321 e. The van der Waals surface area contributed by atoms with Gasteiger partial charge < -0.3 is 0 Å². The number of alkyl halides is 3. The number of halogens is 3. The third kappa shape index (κ3) is 183. The minimum Gasteiger partial charge on any atom is -0.123 e. The van der Waals surface area contributed by atoms with Gasteiger partial charge in [0, 0.05) is 16.1 Å². The molecule has 344 valence electrons. The maximum absolute atomic E-state index is 5.59. The van der Waals surface area contributed by atoms with Crippen LogP contribution in [0.15, 0.2) is 0 Å². The van der Waals surface area contributed by atoms with Gasteiger partial charge in [-0.25, -0.2) is 0 Å². The van der Waals surface area contributed by atoms with Gasteiger partial charge in [0.15, 0.2) is 0 Å². The highest BCUT2D eigenvalue weighted by Gasteiger charge is 2.00. The van der Waals surface area contributed by atoms with Crippen molar-refractivity contribution >= 4 is 34.8 Å². The summed E-state index contributed by atoms with van der Waals surface area (Å²) in [4.78, 5) is 0. The summed E-state index contributed by atoms with van der Waals surface area (Å²) in [5.41, 5.74) is 0. The molecule has 0 aliphatic carbocycles. The molecule has 4 atom stereocenters. The zero-order valence-corrected chi connectivity index (χ0v) is 44.1. The van der Waals surface area contributed by atoms with Gasteiger partial charge in [-0.1, -0.05) is 267 Å². The molecule has 0 aliphatic heterocycles. The Morgan fingerprint density at radius 2 is 0.593 bits per heavy atom. The van der Waals surface area contributed by atoms with Gasteiger partial charge in [0.1, 0.15) is 0 Å². The van der Waals surface area contributed by atoms with Gasteiger partial charge in [-0.2, -0.15) is 0 Å². The summed E-state index contributed by atoms with van der Waals surface area (Å²) in [5, 5.41) is 0.801. The van der Waals surface area contributed by atoms with E-state index in [0.717, 1.165) is 30.6 Å². The monoisotopic (exact) mass is 837 g/mol. The summed E-state index contributed by atoms with van der Waals surface area (Å²) >= 11 is 16.8. The third-order valence-corrected chi connectivity index (χ3v) is 8.01. The Labute approximate surface area is 367 Å². The number of rotatable bonds is 20. The first-order valence-electron chi connectivity index (χ1n) is 23.8. The van der Waals surface area contributed by atoms with E-state index in [-0.39, 0.29) is 18.2 Å². The lowest BCUT2D eigenvalue weighted by Gasteiger charge is -2.06. The van der Waals surface area contributed by atoms with Crippen molar-refractivity contribution in [3.63, 3.8) is 0 Å². The smallest absolute Gasteiger partial charge is 0.0321 e. The second-order valence-electron chi connectivity index (χ2n) is 15.9. The Balaban J connectivity index is -0.0000000511. The lowest BCUT2D eigenvalue weighted by Crippen LogP contribution is -1.99. The summed E-state index contributed by atoms with van der Waals surface area (Å²) in [6.07, 6.45) is 30.6. The highest BCUT2D eigenvalue weighted by molar-refractivity contribution is 6.23. The van der Waals surface area contributed by atoms with E-state index in [0.29, 0.717) is 5.38 Å². The zero-order valence-electron chi connectivity index (χ0n) is 41.9. The SMILES string of the molecule is C.CC(Cl)CC(C)Cl.CCC.CCCC(C)C.CCCC(C)C.CCCC(C)Cl.CCCCC.CCCCC.CCCCC.CCCCCCC(C)CC. The first kappa shape index (κ1) is 79.1. The molecule has 0 bridgehead atoms. The van der Waals surface area contributed by atoms with Crippen LogP contribution in [0.5, 0.6) is 0 Å². The molecule has 0 spiro atoms. The summed E-state index contributed by atoms with van der Waals surface area (Å²) in [7, 11) is 0. The predicted octanol–water partition coefficient (Wildman–Crippen LogP) is 22.6. The molecule has 0 nitrogen and oxygen atoms in total. The molecule has 0 saturated heterocycles. The van der Waals surface area contributed by atoms with Gasteiger partial charge in [0.05, 0.1) is 0 Å². The van der Waals surface area contributed by atoms with Crippen LogP contribution >= 0.6 is 34.8 Å². The van der Waals surface area contributed by atoms with E-state index in [2.05, 4.69) is 125 Å². The molecule has 0 amide bonds. The van der Waals surface area contributed by atoms with Crippen LogP contribution in [-0.2, 0) is 0 Å². The molecule has 0 aromatic heterocycles. The average Bonchev–Trinajstić information content (AvgIpc) is 3.06. The van der Waals surface area contributed by atoms with Crippen LogP contribution in [0.4, 0.5) is 0 Å². The van der Waals surface area contributed by atoms with E-state index in [9.17, 15) is 0 Å². The minimum absolute atomic E-state index is 0. The van der Waals surface area contributed by atoms with Crippen LogP contribution in [0.3, 0.4) is 0 Å². The highest BCUT2D eigenvalue weighted by atomic mass is 35.5. The standard InChI is InChI=1S/C10H22.2C6H14.C5H10Cl2.C5H11Cl.3C5H12.C3H8.CH4/c1-4-6-7-8-9-10(3)5-2;2*1-4-5-6(2)3;1-4(6)3-5(2)7;1-3-4-5(2)6;3*1-3-5-4-2;1-3-2;/h10H,4-9H2,1-3H3;2*6H,4-5H2,1-3H3;4-5H,3H2,1-2H3;5H,3-4H2,1-2H3;3*3-5H2,1-2H3;3H2,1-2H3;1H4. The van der Waals surface area contributed by atoms with Crippen molar-refractivity contribution in [3.05, 3.63) is 0 Å². The highest BCUT2D eigenvalue weighted by Crippen LogP contribution is 2.12. The molecular weight excluding hydrogens is 719 g/mol. The van der Waals surface area contributed by atoms with Gasteiger partial charge in [0.25, 0.3) is 0 Å². The lowest BCUT2D eigenvalue weighted by atomic mass is 10.0.